The van der Waals surface area contributed by atoms with Gasteiger partial charge in [-0.25, -0.2) is 14.6 Å². The number of rotatable bonds is 5. The summed E-state index contributed by atoms with van der Waals surface area (Å²) >= 11 is 0. The van der Waals surface area contributed by atoms with E-state index in [0.717, 1.165) is 0 Å². The maximum Gasteiger partial charge on any atom is 0.337 e. The molecule has 1 unspecified atom stereocenters. The number of anilines is 1. The lowest BCUT2D eigenvalue weighted by Crippen LogP contribution is -2.33. The zero-order chi connectivity index (χ0) is 15.2. The van der Waals surface area contributed by atoms with E-state index in [4.69, 9.17) is 5.11 Å². The fourth-order valence-electron chi connectivity index (χ4n) is 1.78. The van der Waals surface area contributed by atoms with Gasteiger partial charge in [-0.2, -0.15) is 0 Å². The van der Waals surface area contributed by atoms with Crippen LogP contribution in [0, 0.1) is 0 Å². The van der Waals surface area contributed by atoms with Crippen molar-refractivity contribution in [2.24, 2.45) is 0 Å². The van der Waals surface area contributed by atoms with Crippen molar-refractivity contribution in [3.63, 3.8) is 0 Å². The summed E-state index contributed by atoms with van der Waals surface area (Å²) in [7, 11) is 0. The predicted molar refractivity (Wildman–Crippen MR) is 75.0 cm³/mol. The maximum atomic E-state index is 11.9. The number of imidazole rings is 1. The summed E-state index contributed by atoms with van der Waals surface area (Å²) in [5.41, 5.74) is 0.313. The first-order chi connectivity index (χ1) is 10.1. The van der Waals surface area contributed by atoms with Gasteiger partial charge in [-0.15, -0.1) is 0 Å². The lowest BCUT2D eigenvalue weighted by atomic mass is 10.2. The highest BCUT2D eigenvalue weighted by atomic mass is 16.4. The number of aromatic amines is 1. The second kappa shape index (κ2) is 6.51. The van der Waals surface area contributed by atoms with Gasteiger partial charge in [-0.1, -0.05) is 6.92 Å². The Morgan fingerprint density at radius 1 is 1.43 bits per heavy atom. The van der Waals surface area contributed by atoms with Crippen LogP contribution in [0.25, 0.3) is 0 Å². The molecule has 2 amide bonds. The SMILES string of the molecule is CCC(NC(=O)Nc1cncc(C(=O)O)c1)c1ncc[nH]1. The number of pyridine rings is 1. The fourth-order valence-corrected chi connectivity index (χ4v) is 1.78. The summed E-state index contributed by atoms with van der Waals surface area (Å²) in [5.74, 6) is -0.446. The Bertz CT molecular complexity index is 626. The van der Waals surface area contributed by atoms with Crippen molar-refractivity contribution < 1.29 is 14.7 Å². The largest absolute Gasteiger partial charge is 0.478 e. The highest BCUT2D eigenvalue weighted by molar-refractivity contribution is 5.92. The van der Waals surface area contributed by atoms with E-state index >= 15 is 0 Å². The third kappa shape index (κ3) is 3.78. The van der Waals surface area contributed by atoms with E-state index in [2.05, 4.69) is 25.6 Å². The lowest BCUT2D eigenvalue weighted by molar-refractivity contribution is 0.0696. The van der Waals surface area contributed by atoms with E-state index in [1.54, 1.807) is 12.4 Å². The molecule has 0 radical (unpaired) electrons. The van der Waals surface area contributed by atoms with Crippen LogP contribution in [-0.4, -0.2) is 32.1 Å². The van der Waals surface area contributed by atoms with Crippen LogP contribution in [0.1, 0.15) is 35.6 Å². The van der Waals surface area contributed by atoms with Gasteiger partial charge in [0.05, 0.1) is 23.5 Å². The third-order valence-electron chi connectivity index (χ3n) is 2.81. The van der Waals surface area contributed by atoms with Crippen molar-refractivity contribution in [1.82, 2.24) is 20.3 Å². The number of carbonyl (C=O) groups is 2. The molecule has 1 atom stereocenters. The summed E-state index contributed by atoms with van der Waals surface area (Å²) in [6, 6.07) is 0.626. The number of carbonyl (C=O) groups excluding carboxylic acids is 1. The zero-order valence-corrected chi connectivity index (χ0v) is 11.3. The topological polar surface area (TPSA) is 120 Å². The Morgan fingerprint density at radius 3 is 2.86 bits per heavy atom. The van der Waals surface area contributed by atoms with E-state index in [1.165, 1.54) is 18.5 Å². The molecule has 0 aliphatic heterocycles. The molecule has 0 saturated carbocycles. The Kier molecular flexibility index (Phi) is 4.50. The standard InChI is InChI=1S/C13H15N5O3/c1-2-10(11-15-3-4-16-11)18-13(21)17-9-5-8(12(19)20)6-14-7-9/h3-7,10H,2H2,1H3,(H,15,16)(H,19,20)(H2,17,18,21). The highest BCUT2D eigenvalue weighted by Gasteiger charge is 2.15. The molecule has 0 spiro atoms. The molecule has 2 aromatic heterocycles. The molecular weight excluding hydrogens is 274 g/mol. The van der Waals surface area contributed by atoms with Crippen molar-refractivity contribution >= 4 is 17.7 Å². The Labute approximate surface area is 120 Å². The van der Waals surface area contributed by atoms with Gasteiger partial charge in [0.2, 0.25) is 0 Å². The molecule has 0 bridgehead atoms. The van der Waals surface area contributed by atoms with Gasteiger partial charge in [-0.05, 0) is 12.5 Å². The van der Waals surface area contributed by atoms with Gasteiger partial charge in [0, 0.05) is 18.6 Å². The summed E-state index contributed by atoms with van der Waals surface area (Å²) in [6.07, 6.45) is 6.53. The molecule has 110 valence electrons. The average molecular weight is 289 g/mol. The van der Waals surface area contributed by atoms with E-state index in [9.17, 15) is 9.59 Å². The van der Waals surface area contributed by atoms with Gasteiger partial charge in [0.1, 0.15) is 5.82 Å². The van der Waals surface area contributed by atoms with Gasteiger partial charge >= 0.3 is 12.0 Å². The van der Waals surface area contributed by atoms with Crippen LogP contribution in [0.3, 0.4) is 0 Å². The van der Waals surface area contributed by atoms with Crippen molar-refractivity contribution in [1.29, 1.82) is 0 Å². The number of carboxylic acid groups (broad SMARTS) is 1. The summed E-state index contributed by atoms with van der Waals surface area (Å²) in [6.45, 7) is 1.92. The van der Waals surface area contributed by atoms with Gasteiger partial charge < -0.3 is 20.7 Å². The first-order valence-corrected chi connectivity index (χ1v) is 6.35. The molecule has 2 aromatic rings. The third-order valence-corrected chi connectivity index (χ3v) is 2.81. The normalized spacial score (nSPS) is 11.7. The number of urea groups is 1. The van der Waals surface area contributed by atoms with E-state index in [1.807, 2.05) is 6.92 Å². The first kappa shape index (κ1) is 14.5. The average Bonchev–Trinajstić information content (AvgIpc) is 2.99. The van der Waals surface area contributed by atoms with Gasteiger partial charge in [-0.3, -0.25) is 4.98 Å². The minimum atomic E-state index is -1.10. The minimum Gasteiger partial charge on any atom is -0.478 e. The molecule has 0 saturated heterocycles. The molecule has 21 heavy (non-hydrogen) atoms. The number of amides is 2. The van der Waals surface area contributed by atoms with Crippen LogP contribution in [-0.2, 0) is 0 Å². The lowest BCUT2D eigenvalue weighted by Gasteiger charge is -2.15. The van der Waals surface area contributed by atoms with E-state index in [-0.39, 0.29) is 11.6 Å². The molecule has 4 N–H and O–H groups in total. The van der Waals surface area contributed by atoms with E-state index in [0.29, 0.717) is 17.9 Å². The van der Waals surface area contributed by atoms with E-state index < -0.39 is 12.0 Å². The quantitative estimate of drug-likeness (QED) is 0.668. The molecule has 0 aliphatic rings. The summed E-state index contributed by atoms with van der Waals surface area (Å²) in [4.78, 5) is 33.6. The second-order valence-corrected chi connectivity index (χ2v) is 4.30. The first-order valence-electron chi connectivity index (χ1n) is 6.35. The van der Waals surface area contributed by atoms with Crippen molar-refractivity contribution in [2.45, 2.75) is 19.4 Å². The van der Waals surface area contributed by atoms with Crippen LogP contribution < -0.4 is 10.6 Å². The maximum absolute atomic E-state index is 11.9. The number of carboxylic acids is 1. The number of H-pyrrole nitrogens is 1. The number of hydrogen-bond acceptors (Lipinski definition) is 4. The molecule has 2 rings (SSSR count). The molecule has 8 nitrogen and oxygen atoms in total. The smallest absolute Gasteiger partial charge is 0.337 e. The number of aromatic carboxylic acids is 1. The monoisotopic (exact) mass is 289 g/mol. The van der Waals surface area contributed by atoms with Crippen molar-refractivity contribution in [3.05, 3.63) is 42.2 Å². The predicted octanol–water partition coefficient (Wildman–Crippen LogP) is 1.78. The molecular formula is C13H15N5O3. The number of nitrogens with one attached hydrogen (secondary N) is 3. The Balaban J connectivity index is 2.01. The molecule has 0 fully saturated rings. The Hall–Kier alpha value is -2.90. The number of hydrogen-bond donors (Lipinski definition) is 4. The van der Waals surface area contributed by atoms with Crippen molar-refractivity contribution in [2.75, 3.05) is 5.32 Å². The molecule has 8 heteroatoms. The van der Waals surface area contributed by atoms with Crippen LogP contribution in [0.4, 0.5) is 10.5 Å². The van der Waals surface area contributed by atoms with Gasteiger partial charge in [0.25, 0.3) is 0 Å². The van der Waals surface area contributed by atoms with Gasteiger partial charge in [0.15, 0.2) is 0 Å². The second-order valence-electron chi connectivity index (χ2n) is 4.30. The summed E-state index contributed by atoms with van der Waals surface area (Å²) < 4.78 is 0. The molecule has 2 heterocycles. The molecule has 0 aliphatic carbocycles. The number of nitrogens with zero attached hydrogens (tertiary/aromatic N) is 2. The van der Waals surface area contributed by atoms with Crippen LogP contribution in [0.15, 0.2) is 30.9 Å². The summed E-state index contributed by atoms with van der Waals surface area (Å²) in [5, 5.41) is 14.2. The minimum absolute atomic E-state index is 0.00544. The Morgan fingerprint density at radius 2 is 2.24 bits per heavy atom. The highest BCUT2D eigenvalue weighted by Crippen LogP contribution is 2.12. The van der Waals surface area contributed by atoms with Crippen LogP contribution in [0.5, 0.6) is 0 Å². The van der Waals surface area contributed by atoms with Crippen molar-refractivity contribution in [3.8, 4) is 0 Å². The zero-order valence-electron chi connectivity index (χ0n) is 11.3. The van der Waals surface area contributed by atoms with Crippen LogP contribution >= 0.6 is 0 Å². The fraction of sp³-hybridized carbons (Fsp3) is 0.231. The number of aromatic nitrogens is 3. The molecule has 0 aromatic carbocycles. The van der Waals surface area contributed by atoms with Crippen LogP contribution in [0.2, 0.25) is 0 Å².